The van der Waals surface area contributed by atoms with Crippen LogP contribution < -0.4 is 4.90 Å². The summed E-state index contributed by atoms with van der Waals surface area (Å²) in [4.78, 5) is 17.2. The molecule has 0 unspecified atom stereocenters. The molecule has 2 aromatic rings. The van der Waals surface area contributed by atoms with Gasteiger partial charge in [0.05, 0.1) is 24.2 Å². The molecule has 3 heterocycles. The topological polar surface area (TPSA) is 49.3 Å². The highest BCUT2D eigenvalue weighted by atomic mass is 16.2. The average Bonchev–Trinajstić information content (AvgIpc) is 3.23. The Bertz CT molecular complexity index is 785. The van der Waals surface area contributed by atoms with Crippen LogP contribution in [0, 0.1) is 6.92 Å². The number of anilines is 1. The number of piperazine rings is 1. The number of aromatic nitrogens is 2. The van der Waals surface area contributed by atoms with Crippen LogP contribution in [0.1, 0.15) is 43.0 Å². The van der Waals surface area contributed by atoms with Gasteiger partial charge in [0.1, 0.15) is 0 Å². The maximum atomic E-state index is 12.8. The van der Waals surface area contributed by atoms with E-state index in [2.05, 4.69) is 58.1 Å². The molecule has 0 radical (unpaired) electrons. The molecule has 1 aromatic carbocycles. The number of hydrogen-bond acceptors (Lipinski definition) is 4. The highest BCUT2D eigenvalue weighted by Gasteiger charge is 2.45. The summed E-state index contributed by atoms with van der Waals surface area (Å²) in [5, 5.41) is 8.48. The maximum absolute atomic E-state index is 12.8. The number of benzene rings is 1. The molecule has 0 saturated carbocycles. The Hall–Kier alpha value is -2.43. The second-order valence-corrected chi connectivity index (χ2v) is 7.85. The lowest BCUT2D eigenvalue weighted by Gasteiger charge is -2.34. The van der Waals surface area contributed by atoms with Crippen LogP contribution in [0.25, 0.3) is 0 Å². The van der Waals surface area contributed by atoms with Crippen LogP contribution in [0.15, 0.2) is 36.4 Å². The predicted molar refractivity (Wildman–Crippen MR) is 102 cm³/mol. The molecular formula is C21H26N4O. The molecule has 2 bridgehead atoms. The van der Waals surface area contributed by atoms with Gasteiger partial charge < -0.3 is 9.80 Å². The molecule has 0 spiro atoms. The Morgan fingerprint density at radius 2 is 1.85 bits per heavy atom. The van der Waals surface area contributed by atoms with Crippen molar-refractivity contribution in [1.82, 2.24) is 15.1 Å². The summed E-state index contributed by atoms with van der Waals surface area (Å²) >= 11 is 0. The van der Waals surface area contributed by atoms with Crippen LogP contribution >= 0.6 is 0 Å². The van der Waals surface area contributed by atoms with Gasteiger partial charge in [-0.15, -0.1) is 5.10 Å². The second kappa shape index (κ2) is 6.71. The standard InChI is InChI=1S/C21H26N4O/c1-14(2)17-7-5-16(6-8-17)10-21(26)25-13-18-11-19(25)12-24(18)20-9-4-15(3)22-23-20/h4-9,14,18-19H,10-13H2,1-3H3/t18-,19-/m0/s1. The highest BCUT2D eigenvalue weighted by molar-refractivity contribution is 5.80. The van der Waals surface area contributed by atoms with Crippen LogP contribution in [0.3, 0.4) is 0 Å². The first-order valence-corrected chi connectivity index (χ1v) is 9.46. The largest absolute Gasteiger partial charge is 0.348 e. The summed E-state index contributed by atoms with van der Waals surface area (Å²) in [5.41, 5.74) is 3.35. The summed E-state index contributed by atoms with van der Waals surface area (Å²) in [7, 11) is 0. The van der Waals surface area contributed by atoms with E-state index in [-0.39, 0.29) is 5.91 Å². The fourth-order valence-electron chi connectivity index (χ4n) is 4.09. The maximum Gasteiger partial charge on any atom is 0.227 e. The Morgan fingerprint density at radius 1 is 1.08 bits per heavy atom. The molecule has 2 atom stereocenters. The van der Waals surface area contributed by atoms with E-state index in [1.165, 1.54) is 5.56 Å². The monoisotopic (exact) mass is 350 g/mol. The van der Waals surface area contributed by atoms with E-state index in [0.29, 0.717) is 24.4 Å². The molecule has 2 fully saturated rings. The van der Waals surface area contributed by atoms with Crippen molar-refractivity contribution in [3.05, 3.63) is 53.2 Å². The molecule has 0 N–H and O–H groups in total. The summed E-state index contributed by atoms with van der Waals surface area (Å²) in [6.07, 6.45) is 1.53. The van der Waals surface area contributed by atoms with E-state index in [0.717, 1.165) is 36.6 Å². The molecule has 0 aliphatic carbocycles. The van der Waals surface area contributed by atoms with E-state index in [9.17, 15) is 4.79 Å². The van der Waals surface area contributed by atoms with Gasteiger partial charge in [0.15, 0.2) is 5.82 Å². The van der Waals surface area contributed by atoms with Gasteiger partial charge in [-0.1, -0.05) is 38.1 Å². The van der Waals surface area contributed by atoms with E-state index < -0.39 is 0 Å². The van der Waals surface area contributed by atoms with E-state index >= 15 is 0 Å². The van der Waals surface area contributed by atoms with Gasteiger partial charge in [-0.25, -0.2) is 0 Å². The summed E-state index contributed by atoms with van der Waals surface area (Å²) in [5.74, 6) is 1.69. The van der Waals surface area contributed by atoms with Gasteiger partial charge in [0.25, 0.3) is 0 Å². The second-order valence-electron chi connectivity index (χ2n) is 7.85. The third kappa shape index (κ3) is 3.18. The minimum Gasteiger partial charge on any atom is -0.348 e. The Kier molecular flexibility index (Phi) is 4.39. The van der Waals surface area contributed by atoms with Crippen LogP contribution in [-0.4, -0.2) is 46.2 Å². The average molecular weight is 350 g/mol. The van der Waals surface area contributed by atoms with Gasteiger partial charge >= 0.3 is 0 Å². The number of carbonyl (C=O) groups is 1. The van der Waals surface area contributed by atoms with E-state index in [1.807, 2.05) is 19.1 Å². The zero-order valence-electron chi connectivity index (χ0n) is 15.7. The summed E-state index contributed by atoms with van der Waals surface area (Å²) in [6, 6.07) is 13.2. The molecule has 136 valence electrons. The Balaban J connectivity index is 1.38. The molecule has 5 nitrogen and oxygen atoms in total. The molecule has 4 rings (SSSR count). The van der Waals surface area contributed by atoms with Gasteiger partial charge in [-0.05, 0) is 42.5 Å². The van der Waals surface area contributed by atoms with Gasteiger partial charge in [-0.2, -0.15) is 5.10 Å². The van der Waals surface area contributed by atoms with E-state index in [1.54, 1.807) is 0 Å². The van der Waals surface area contributed by atoms with Crippen molar-refractivity contribution in [2.45, 2.75) is 51.6 Å². The number of amides is 1. The van der Waals surface area contributed by atoms with Crippen molar-refractivity contribution in [2.75, 3.05) is 18.0 Å². The van der Waals surface area contributed by atoms with Crippen LogP contribution in [0.2, 0.25) is 0 Å². The molecule has 26 heavy (non-hydrogen) atoms. The minimum absolute atomic E-state index is 0.240. The first kappa shape index (κ1) is 17.0. The van der Waals surface area contributed by atoms with Gasteiger partial charge in [0.2, 0.25) is 5.91 Å². The lowest BCUT2D eigenvalue weighted by Crippen LogP contribution is -2.49. The van der Waals surface area contributed by atoms with Crippen LogP contribution in [0.4, 0.5) is 5.82 Å². The van der Waals surface area contributed by atoms with Crippen molar-refractivity contribution in [3.8, 4) is 0 Å². The van der Waals surface area contributed by atoms with Crippen molar-refractivity contribution < 1.29 is 4.79 Å². The highest BCUT2D eigenvalue weighted by Crippen LogP contribution is 2.33. The minimum atomic E-state index is 0.240. The molecule has 1 amide bonds. The zero-order valence-corrected chi connectivity index (χ0v) is 15.7. The number of aryl methyl sites for hydroxylation is 1. The van der Waals surface area contributed by atoms with E-state index in [4.69, 9.17) is 0 Å². The number of rotatable bonds is 4. The summed E-state index contributed by atoms with van der Waals surface area (Å²) < 4.78 is 0. The van der Waals surface area contributed by atoms with Crippen molar-refractivity contribution in [1.29, 1.82) is 0 Å². The molecule has 2 aliphatic heterocycles. The Morgan fingerprint density at radius 3 is 2.42 bits per heavy atom. The van der Waals surface area contributed by atoms with Crippen molar-refractivity contribution in [2.24, 2.45) is 0 Å². The quantitative estimate of drug-likeness (QED) is 0.851. The molecule has 2 saturated heterocycles. The number of carbonyl (C=O) groups excluding carboxylic acids is 1. The Labute approximate surface area is 155 Å². The summed E-state index contributed by atoms with van der Waals surface area (Å²) in [6.45, 7) is 7.97. The molecular weight excluding hydrogens is 324 g/mol. The molecule has 2 aliphatic rings. The van der Waals surface area contributed by atoms with Crippen molar-refractivity contribution >= 4 is 11.7 Å². The number of likely N-dealkylation sites (tertiary alicyclic amines) is 1. The SMILES string of the molecule is Cc1ccc(N2C[C@@H]3C[C@H]2CN3C(=O)Cc2ccc(C(C)C)cc2)nn1. The predicted octanol–water partition coefficient (Wildman–Crippen LogP) is 2.94. The number of fused-ring (bicyclic) bond motifs is 2. The van der Waals surface area contributed by atoms with Gasteiger partial charge in [0, 0.05) is 13.1 Å². The lowest BCUT2D eigenvalue weighted by molar-refractivity contribution is -0.131. The van der Waals surface area contributed by atoms with Gasteiger partial charge in [-0.3, -0.25) is 4.79 Å². The van der Waals surface area contributed by atoms with Crippen molar-refractivity contribution in [3.63, 3.8) is 0 Å². The fraction of sp³-hybridized carbons (Fsp3) is 0.476. The first-order valence-electron chi connectivity index (χ1n) is 9.46. The molecule has 5 heteroatoms. The lowest BCUT2D eigenvalue weighted by atomic mass is 10.0. The fourth-order valence-corrected chi connectivity index (χ4v) is 4.09. The zero-order chi connectivity index (χ0) is 18.3. The number of nitrogens with zero attached hydrogens (tertiary/aromatic N) is 4. The van der Waals surface area contributed by atoms with Crippen LogP contribution in [-0.2, 0) is 11.2 Å². The smallest absolute Gasteiger partial charge is 0.227 e. The third-order valence-corrected chi connectivity index (χ3v) is 5.64. The third-order valence-electron chi connectivity index (χ3n) is 5.64. The first-order chi connectivity index (χ1) is 12.5. The van der Waals surface area contributed by atoms with Crippen LogP contribution in [0.5, 0.6) is 0 Å². The molecule has 1 aromatic heterocycles. The number of hydrogen-bond donors (Lipinski definition) is 0. The normalized spacial score (nSPS) is 21.7.